The van der Waals surface area contributed by atoms with Crippen molar-refractivity contribution in [2.45, 2.75) is 32.1 Å². The molecular weight excluding hydrogens is 342 g/mol. The molecule has 0 spiro atoms. The number of methoxy groups -OCH3 is 2. The van der Waals surface area contributed by atoms with Crippen molar-refractivity contribution in [2.24, 2.45) is 0 Å². The maximum absolute atomic E-state index is 12.5. The van der Waals surface area contributed by atoms with Crippen LogP contribution >= 0.6 is 0 Å². The molecule has 0 saturated carbocycles. The molecule has 1 aliphatic heterocycles. The Morgan fingerprint density at radius 3 is 2.52 bits per heavy atom. The molecule has 0 aromatic heterocycles. The van der Waals surface area contributed by atoms with Gasteiger partial charge in [0.2, 0.25) is 0 Å². The molecule has 148 valence electrons. The third-order valence-corrected chi connectivity index (χ3v) is 5.43. The fraction of sp³-hybridized carbons (Fsp3) is 0.571. The zero-order chi connectivity index (χ0) is 19.1. The smallest absolute Gasteiger partial charge is 0.321 e. The monoisotopic (exact) mass is 373 g/mol. The van der Waals surface area contributed by atoms with Crippen molar-refractivity contribution in [1.82, 2.24) is 9.80 Å². The summed E-state index contributed by atoms with van der Waals surface area (Å²) in [5.74, 6) is 1.26. The van der Waals surface area contributed by atoms with E-state index >= 15 is 0 Å². The summed E-state index contributed by atoms with van der Waals surface area (Å²) in [4.78, 5) is 16.9. The molecule has 2 aliphatic rings. The number of amides is 2. The van der Waals surface area contributed by atoms with Crippen LogP contribution in [0.1, 0.15) is 32.1 Å². The van der Waals surface area contributed by atoms with Crippen molar-refractivity contribution >= 4 is 11.7 Å². The van der Waals surface area contributed by atoms with E-state index in [9.17, 15) is 4.79 Å². The van der Waals surface area contributed by atoms with E-state index < -0.39 is 0 Å². The minimum atomic E-state index is -0.0585. The van der Waals surface area contributed by atoms with Gasteiger partial charge in [-0.05, 0) is 44.2 Å². The van der Waals surface area contributed by atoms with Crippen molar-refractivity contribution in [2.75, 3.05) is 52.3 Å². The zero-order valence-corrected chi connectivity index (χ0v) is 16.5. The molecule has 0 radical (unpaired) electrons. The molecule has 0 unspecified atom stereocenters. The van der Waals surface area contributed by atoms with Gasteiger partial charge in [-0.2, -0.15) is 0 Å². The molecule has 1 N–H and O–H groups in total. The molecule has 27 heavy (non-hydrogen) atoms. The number of anilines is 1. The summed E-state index contributed by atoms with van der Waals surface area (Å²) in [6.07, 6.45) is 8.81. The number of benzene rings is 1. The summed E-state index contributed by atoms with van der Waals surface area (Å²) in [5, 5.41) is 2.96. The maximum atomic E-state index is 12.5. The Morgan fingerprint density at radius 2 is 1.85 bits per heavy atom. The van der Waals surface area contributed by atoms with E-state index in [1.807, 2.05) is 11.0 Å². The summed E-state index contributed by atoms with van der Waals surface area (Å²) in [6.45, 7) is 4.51. The third kappa shape index (κ3) is 5.39. The molecule has 0 bridgehead atoms. The van der Waals surface area contributed by atoms with E-state index in [0.29, 0.717) is 17.2 Å². The van der Waals surface area contributed by atoms with Gasteiger partial charge in [0.05, 0.1) is 14.2 Å². The van der Waals surface area contributed by atoms with Crippen molar-refractivity contribution in [3.05, 3.63) is 29.8 Å². The molecule has 2 amide bonds. The van der Waals surface area contributed by atoms with Crippen LogP contribution in [0.3, 0.4) is 0 Å². The Morgan fingerprint density at radius 1 is 1.07 bits per heavy atom. The second-order valence-electron chi connectivity index (χ2n) is 7.19. The summed E-state index contributed by atoms with van der Waals surface area (Å²) in [7, 11) is 3.19. The number of hydrogen-bond acceptors (Lipinski definition) is 4. The SMILES string of the molecule is COc1ccc(NC(=O)N2CCN(CCC3=CCCCC3)CC2)cc1OC. The lowest BCUT2D eigenvalue weighted by Crippen LogP contribution is -2.50. The van der Waals surface area contributed by atoms with Gasteiger partial charge in [-0.1, -0.05) is 11.6 Å². The predicted octanol–water partition coefficient (Wildman–Crippen LogP) is 3.74. The highest BCUT2D eigenvalue weighted by Crippen LogP contribution is 2.29. The van der Waals surface area contributed by atoms with Gasteiger partial charge in [0.25, 0.3) is 0 Å². The van der Waals surface area contributed by atoms with E-state index in [-0.39, 0.29) is 6.03 Å². The quantitative estimate of drug-likeness (QED) is 0.772. The predicted molar refractivity (Wildman–Crippen MR) is 108 cm³/mol. The average molecular weight is 373 g/mol. The van der Waals surface area contributed by atoms with Gasteiger partial charge in [-0.3, -0.25) is 4.90 Å². The van der Waals surface area contributed by atoms with Gasteiger partial charge >= 0.3 is 6.03 Å². The van der Waals surface area contributed by atoms with E-state index in [1.54, 1.807) is 31.9 Å². The number of nitrogens with one attached hydrogen (secondary N) is 1. The minimum absolute atomic E-state index is 0.0585. The van der Waals surface area contributed by atoms with E-state index in [4.69, 9.17) is 9.47 Å². The third-order valence-electron chi connectivity index (χ3n) is 5.43. The maximum Gasteiger partial charge on any atom is 0.321 e. The second kappa shape index (κ2) is 9.65. The molecule has 1 aliphatic carbocycles. The first-order valence-electron chi connectivity index (χ1n) is 9.88. The molecule has 1 aromatic carbocycles. The van der Waals surface area contributed by atoms with Crippen molar-refractivity contribution < 1.29 is 14.3 Å². The lowest BCUT2D eigenvalue weighted by molar-refractivity contribution is 0.148. The van der Waals surface area contributed by atoms with Gasteiger partial charge in [0.15, 0.2) is 11.5 Å². The number of piperazine rings is 1. The van der Waals surface area contributed by atoms with Crippen LogP contribution in [-0.4, -0.2) is 62.8 Å². The van der Waals surface area contributed by atoms with Gasteiger partial charge < -0.3 is 19.7 Å². The number of hydrogen-bond donors (Lipinski definition) is 1. The van der Waals surface area contributed by atoms with Crippen molar-refractivity contribution in [3.8, 4) is 11.5 Å². The van der Waals surface area contributed by atoms with E-state index in [1.165, 1.54) is 32.1 Å². The van der Waals surface area contributed by atoms with Crippen LogP contribution in [0.25, 0.3) is 0 Å². The van der Waals surface area contributed by atoms with Crippen molar-refractivity contribution in [3.63, 3.8) is 0 Å². The Kier molecular flexibility index (Phi) is 6.98. The Hall–Kier alpha value is -2.21. The van der Waals surface area contributed by atoms with Crippen molar-refractivity contribution in [1.29, 1.82) is 0 Å². The highest BCUT2D eigenvalue weighted by molar-refractivity contribution is 5.89. The van der Waals surface area contributed by atoms with Crippen LogP contribution in [0.4, 0.5) is 10.5 Å². The summed E-state index contributed by atoms with van der Waals surface area (Å²) in [6, 6.07) is 5.35. The highest BCUT2D eigenvalue weighted by atomic mass is 16.5. The largest absolute Gasteiger partial charge is 0.493 e. The zero-order valence-electron chi connectivity index (χ0n) is 16.5. The van der Waals surface area contributed by atoms with Crippen LogP contribution in [-0.2, 0) is 0 Å². The average Bonchev–Trinajstić information content (AvgIpc) is 2.73. The van der Waals surface area contributed by atoms with Gasteiger partial charge in [-0.15, -0.1) is 0 Å². The molecule has 0 atom stereocenters. The standard InChI is InChI=1S/C21H31N3O3/c1-26-19-9-8-18(16-20(19)27-2)22-21(25)24-14-12-23(13-15-24)11-10-17-6-4-3-5-7-17/h6,8-9,16H,3-5,7,10-15H2,1-2H3,(H,22,25). The summed E-state index contributed by atoms with van der Waals surface area (Å²) < 4.78 is 10.5. The number of ether oxygens (including phenoxy) is 2. The molecule has 6 heteroatoms. The summed E-state index contributed by atoms with van der Waals surface area (Å²) in [5.41, 5.74) is 2.33. The lowest BCUT2D eigenvalue weighted by Gasteiger charge is -2.35. The molecule has 1 saturated heterocycles. The molecule has 1 aromatic rings. The molecule has 3 rings (SSSR count). The van der Waals surface area contributed by atoms with Crippen LogP contribution in [0, 0.1) is 0 Å². The first kappa shape index (κ1) is 19.5. The van der Waals surface area contributed by atoms with Crippen LogP contribution in [0.15, 0.2) is 29.8 Å². The number of urea groups is 1. The molecule has 1 fully saturated rings. The minimum Gasteiger partial charge on any atom is -0.493 e. The Bertz CT molecular complexity index is 667. The highest BCUT2D eigenvalue weighted by Gasteiger charge is 2.21. The lowest BCUT2D eigenvalue weighted by atomic mass is 9.97. The Balaban J connectivity index is 1.45. The van der Waals surface area contributed by atoms with E-state index in [2.05, 4.69) is 16.3 Å². The second-order valence-corrected chi connectivity index (χ2v) is 7.19. The molecule has 6 nitrogen and oxygen atoms in total. The van der Waals surface area contributed by atoms with Crippen LogP contribution in [0.2, 0.25) is 0 Å². The Labute approximate surface area is 162 Å². The fourth-order valence-electron chi connectivity index (χ4n) is 3.72. The number of allylic oxidation sites excluding steroid dienone is 1. The number of rotatable bonds is 6. The van der Waals surface area contributed by atoms with E-state index in [0.717, 1.165) is 32.7 Å². The topological polar surface area (TPSA) is 54.0 Å². The molecular formula is C21H31N3O3. The van der Waals surface area contributed by atoms with Gasteiger partial charge in [0.1, 0.15) is 0 Å². The van der Waals surface area contributed by atoms with Gasteiger partial charge in [-0.25, -0.2) is 4.79 Å². The number of nitrogens with zero attached hydrogens (tertiary/aromatic N) is 2. The molecule has 1 heterocycles. The van der Waals surface area contributed by atoms with Gasteiger partial charge in [0, 0.05) is 44.5 Å². The normalized spacial score (nSPS) is 18.0. The van der Waals surface area contributed by atoms with Crippen LogP contribution < -0.4 is 14.8 Å². The number of carbonyl (C=O) groups excluding carboxylic acids is 1. The first-order valence-corrected chi connectivity index (χ1v) is 9.88. The summed E-state index contributed by atoms with van der Waals surface area (Å²) >= 11 is 0. The first-order chi connectivity index (χ1) is 13.2. The van der Waals surface area contributed by atoms with Crippen LogP contribution in [0.5, 0.6) is 11.5 Å². The number of carbonyl (C=O) groups is 1. The fourth-order valence-corrected chi connectivity index (χ4v) is 3.72.